The third kappa shape index (κ3) is 4.24. The number of nitriles is 1. The van der Waals surface area contributed by atoms with Crippen LogP contribution in [0.3, 0.4) is 0 Å². The van der Waals surface area contributed by atoms with Gasteiger partial charge in [-0.15, -0.1) is 0 Å². The molecule has 33 heavy (non-hydrogen) atoms. The van der Waals surface area contributed by atoms with Crippen molar-refractivity contribution >= 4 is 29.2 Å². The first-order chi connectivity index (χ1) is 15.8. The van der Waals surface area contributed by atoms with Crippen molar-refractivity contribution in [3.63, 3.8) is 0 Å². The number of halogens is 2. The van der Waals surface area contributed by atoms with Crippen molar-refractivity contribution in [2.45, 2.75) is 12.6 Å². The second kappa shape index (κ2) is 8.90. The molecule has 1 aromatic heterocycles. The van der Waals surface area contributed by atoms with Crippen LogP contribution in [0.1, 0.15) is 27.7 Å². The summed E-state index contributed by atoms with van der Waals surface area (Å²) in [6, 6.07) is 11.0. The molecule has 0 saturated carbocycles. The highest BCUT2D eigenvalue weighted by Crippen LogP contribution is 2.32. The molecule has 4 N–H and O–H groups in total. The normalized spacial score (nSPS) is 15.0. The number of amides is 3. The minimum atomic E-state index is -0.762. The predicted octanol–water partition coefficient (Wildman–Crippen LogP) is 2.89. The van der Waals surface area contributed by atoms with Gasteiger partial charge in [-0.25, -0.2) is 9.18 Å². The van der Waals surface area contributed by atoms with Crippen LogP contribution in [-0.4, -0.2) is 44.9 Å². The minimum Gasteiger partial charge on any atom is -0.394 e. The van der Waals surface area contributed by atoms with E-state index in [0.29, 0.717) is 22.0 Å². The summed E-state index contributed by atoms with van der Waals surface area (Å²) in [5.74, 6) is -1.50. The lowest BCUT2D eigenvalue weighted by atomic mass is 10.0. The number of benzene rings is 2. The third-order valence-electron chi connectivity index (χ3n) is 5.31. The minimum absolute atomic E-state index is 0.0209. The number of nitrogens with zero attached hydrogens (tertiary/aromatic N) is 4. The van der Waals surface area contributed by atoms with Crippen molar-refractivity contribution < 1.29 is 19.1 Å². The molecular formula is C22H18ClFN6O3. The molecule has 11 heteroatoms. The lowest BCUT2D eigenvalue weighted by Crippen LogP contribution is -2.44. The Morgan fingerprint density at radius 2 is 2.12 bits per heavy atom. The maximum atomic E-state index is 13.9. The largest absolute Gasteiger partial charge is 0.394 e. The van der Waals surface area contributed by atoms with Crippen LogP contribution in [0.2, 0.25) is 5.02 Å². The first-order valence-electron chi connectivity index (χ1n) is 9.86. The molecule has 0 saturated heterocycles. The van der Waals surface area contributed by atoms with E-state index in [-0.39, 0.29) is 36.5 Å². The van der Waals surface area contributed by atoms with Crippen LogP contribution in [0.4, 0.5) is 14.9 Å². The number of anilines is 1. The topological polar surface area (TPSA) is 137 Å². The Kier molecular flexibility index (Phi) is 6.00. The lowest BCUT2D eigenvalue weighted by molar-refractivity contribution is 0.0993. The summed E-state index contributed by atoms with van der Waals surface area (Å²) >= 11 is 6.08. The number of carbonyl (C=O) groups is 2. The van der Waals surface area contributed by atoms with E-state index >= 15 is 0 Å². The number of carbonyl (C=O) groups excluding carboxylic acids is 2. The molecule has 0 bridgehead atoms. The fourth-order valence-electron chi connectivity index (χ4n) is 3.77. The summed E-state index contributed by atoms with van der Waals surface area (Å²) in [4.78, 5) is 26.6. The standard InChI is InChI=1S/C22H18ClFN6O3/c23-14-3-1-2-12(6-14)20-19(21(26)32)18-10-29(9-16(11-31)30(18)28-20)22(33)27-15-5-4-13(8-25)17(24)7-15/h1-7,16,31H,9-11H2,(H2,26,32)(H,27,33). The van der Waals surface area contributed by atoms with Gasteiger partial charge in [-0.3, -0.25) is 9.48 Å². The van der Waals surface area contributed by atoms with Gasteiger partial charge < -0.3 is 21.1 Å². The van der Waals surface area contributed by atoms with Crippen molar-refractivity contribution in [3.05, 3.63) is 70.1 Å². The Labute approximate surface area is 192 Å². The lowest BCUT2D eigenvalue weighted by Gasteiger charge is -2.33. The highest BCUT2D eigenvalue weighted by Gasteiger charge is 2.34. The summed E-state index contributed by atoms with van der Waals surface area (Å²) < 4.78 is 15.4. The van der Waals surface area contributed by atoms with Crippen molar-refractivity contribution in [2.24, 2.45) is 5.73 Å². The van der Waals surface area contributed by atoms with E-state index in [1.807, 2.05) is 0 Å². The molecule has 0 radical (unpaired) electrons. The Morgan fingerprint density at radius 1 is 1.33 bits per heavy atom. The number of aromatic nitrogens is 2. The van der Waals surface area contributed by atoms with Crippen molar-refractivity contribution in [1.82, 2.24) is 14.7 Å². The van der Waals surface area contributed by atoms with E-state index in [1.165, 1.54) is 21.7 Å². The fraction of sp³-hybridized carbons (Fsp3) is 0.182. The Hall–Kier alpha value is -3.94. The van der Waals surface area contributed by atoms with Gasteiger partial charge in [0.15, 0.2) is 0 Å². The van der Waals surface area contributed by atoms with Gasteiger partial charge in [0.05, 0.1) is 36.0 Å². The zero-order valence-electron chi connectivity index (χ0n) is 17.1. The Morgan fingerprint density at radius 3 is 2.76 bits per heavy atom. The van der Waals surface area contributed by atoms with Crippen LogP contribution in [-0.2, 0) is 6.54 Å². The van der Waals surface area contributed by atoms with Crippen LogP contribution >= 0.6 is 11.6 Å². The van der Waals surface area contributed by atoms with Crippen LogP contribution in [0.15, 0.2) is 42.5 Å². The average molecular weight is 469 g/mol. The summed E-state index contributed by atoms with van der Waals surface area (Å²) in [5, 5.41) is 26.3. The number of rotatable bonds is 4. The van der Waals surface area contributed by atoms with Gasteiger partial charge in [-0.2, -0.15) is 10.4 Å². The van der Waals surface area contributed by atoms with Crippen molar-refractivity contribution in [1.29, 1.82) is 5.26 Å². The molecule has 168 valence electrons. The van der Waals surface area contributed by atoms with Crippen LogP contribution in [0.5, 0.6) is 0 Å². The zero-order valence-corrected chi connectivity index (χ0v) is 17.9. The molecule has 1 aliphatic rings. The highest BCUT2D eigenvalue weighted by atomic mass is 35.5. The second-order valence-electron chi connectivity index (χ2n) is 7.44. The molecule has 2 heterocycles. The molecular weight excluding hydrogens is 451 g/mol. The number of hydrogen-bond donors (Lipinski definition) is 3. The van der Waals surface area contributed by atoms with E-state index in [4.69, 9.17) is 22.6 Å². The average Bonchev–Trinajstić information content (AvgIpc) is 3.18. The number of fused-ring (bicyclic) bond motifs is 1. The summed E-state index contributed by atoms with van der Waals surface area (Å²) in [6.07, 6.45) is 0. The predicted molar refractivity (Wildman–Crippen MR) is 118 cm³/mol. The van der Waals surface area contributed by atoms with Gasteiger partial charge >= 0.3 is 6.03 Å². The third-order valence-corrected chi connectivity index (χ3v) is 5.55. The summed E-state index contributed by atoms with van der Waals surface area (Å²) in [7, 11) is 0. The number of hydrogen-bond acceptors (Lipinski definition) is 5. The SMILES string of the molecule is N#Cc1ccc(NC(=O)N2Cc3c(C(N)=O)c(-c4cccc(Cl)c4)nn3C(CO)C2)cc1F. The highest BCUT2D eigenvalue weighted by molar-refractivity contribution is 6.30. The first kappa shape index (κ1) is 22.3. The number of nitrogens with one attached hydrogen (secondary N) is 1. The molecule has 4 rings (SSSR count). The molecule has 1 unspecified atom stereocenters. The first-order valence-corrected chi connectivity index (χ1v) is 10.2. The van der Waals surface area contributed by atoms with E-state index in [1.54, 1.807) is 30.3 Å². The van der Waals surface area contributed by atoms with Crippen LogP contribution in [0.25, 0.3) is 11.3 Å². The molecule has 3 amide bonds. The maximum absolute atomic E-state index is 13.9. The van der Waals surface area contributed by atoms with E-state index in [2.05, 4.69) is 10.4 Å². The molecule has 0 fully saturated rings. The van der Waals surface area contributed by atoms with Gasteiger partial charge in [0.25, 0.3) is 5.91 Å². The Balaban J connectivity index is 1.68. The smallest absolute Gasteiger partial charge is 0.322 e. The molecule has 1 aliphatic heterocycles. The second-order valence-corrected chi connectivity index (χ2v) is 7.88. The van der Waals surface area contributed by atoms with Crippen LogP contribution < -0.4 is 11.1 Å². The number of nitrogens with two attached hydrogens (primary N) is 1. The van der Waals surface area contributed by atoms with Gasteiger partial charge in [-0.1, -0.05) is 23.7 Å². The van der Waals surface area contributed by atoms with Gasteiger partial charge in [-0.05, 0) is 30.3 Å². The van der Waals surface area contributed by atoms with Gasteiger partial charge in [0, 0.05) is 22.8 Å². The molecule has 0 aliphatic carbocycles. The summed E-state index contributed by atoms with van der Waals surface area (Å²) in [5.41, 5.74) is 7.03. The van der Waals surface area contributed by atoms with Crippen LogP contribution in [0, 0.1) is 17.1 Å². The van der Waals surface area contributed by atoms with Crippen molar-refractivity contribution in [3.8, 4) is 17.3 Å². The Bertz CT molecular complexity index is 1300. The van der Waals surface area contributed by atoms with Gasteiger partial charge in [0.1, 0.15) is 17.6 Å². The van der Waals surface area contributed by atoms with Gasteiger partial charge in [0.2, 0.25) is 0 Å². The molecule has 1 atom stereocenters. The van der Waals surface area contributed by atoms with Crippen molar-refractivity contribution in [2.75, 3.05) is 18.5 Å². The molecule has 9 nitrogen and oxygen atoms in total. The fourth-order valence-corrected chi connectivity index (χ4v) is 3.96. The molecule has 3 aromatic rings. The number of primary amides is 1. The zero-order chi connectivity index (χ0) is 23.7. The number of aliphatic hydroxyl groups excluding tert-OH is 1. The van der Waals surface area contributed by atoms with E-state index < -0.39 is 23.8 Å². The monoisotopic (exact) mass is 468 g/mol. The number of urea groups is 1. The molecule has 0 spiro atoms. The van der Waals surface area contributed by atoms with E-state index in [0.717, 1.165) is 6.07 Å². The maximum Gasteiger partial charge on any atom is 0.322 e. The summed E-state index contributed by atoms with van der Waals surface area (Å²) in [6.45, 7) is -0.285. The molecule has 2 aromatic carbocycles. The van der Waals surface area contributed by atoms with E-state index in [9.17, 15) is 19.1 Å². The quantitative estimate of drug-likeness (QED) is 0.540. The number of aliphatic hydroxyl groups is 1.